The molecule has 0 radical (unpaired) electrons. The van der Waals surface area contributed by atoms with E-state index in [1.807, 2.05) is 12.1 Å². The molecule has 3 N–H and O–H groups in total. The van der Waals surface area contributed by atoms with Crippen LogP contribution in [0.1, 0.15) is 53.2 Å². The van der Waals surface area contributed by atoms with E-state index >= 15 is 0 Å². The Bertz CT molecular complexity index is 836. The number of rotatable bonds is 7. The average Bonchev–Trinajstić information content (AvgIpc) is 2.73. The number of carbonyl (C=O) groups is 2. The summed E-state index contributed by atoms with van der Waals surface area (Å²) in [5.74, 6) is -0.958. The topological polar surface area (TPSA) is 81.7 Å². The van der Waals surface area contributed by atoms with Gasteiger partial charge in [0.15, 0.2) is 0 Å². The van der Waals surface area contributed by atoms with Crippen molar-refractivity contribution in [2.75, 3.05) is 6.54 Å². The Morgan fingerprint density at radius 1 is 1.00 bits per heavy atom. The molecular formula is C23H29N3O3. The number of carboxylic acids is 1. The second-order valence-electron chi connectivity index (χ2n) is 7.62. The molecule has 1 saturated heterocycles. The third kappa shape index (κ3) is 6.06. The van der Waals surface area contributed by atoms with E-state index in [1.54, 1.807) is 12.1 Å². The van der Waals surface area contributed by atoms with Crippen molar-refractivity contribution in [2.24, 2.45) is 0 Å². The minimum Gasteiger partial charge on any atom is -0.478 e. The summed E-state index contributed by atoms with van der Waals surface area (Å²) in [7, 11) is 0. The number of amides is 2. The summed E-state index contributed by atoms with van der Waals surface area (Å²) in [6.07, 6.45) is 3.80. The molecule has 2 amide bonds. The van der Waals surface area contributed by atoms with Gasteiger partial charge in [-0.2, -0.15) is 0 Å². The van der Waals surface area contributed by atoms with E-state index in [-0.39, 0.29) is 11.6 Å². The summed E-state index contributed by atoms with van der Waals surface area (Å²) in [4.78, 5) is 25.6. The maximum Gasteiger partial charge on any atom is 0.335 e. The van der Waals surface area contributed by atoms with E-state index in [4.69, 9.17) is 5.11 Å². The molecule has 2 aromatic rings. The first kappa shape index (κ1) is 20.9. The van der Waals surface area contributed by atoms with E-state index in [0.717, 1.165) is 24.2 Å². The van der Waals surface area contributed by atoms with E-state index in [2.05, 4.69) is 34.6 Å². The number of benzene rings is 2. The van der Waals surface area contributed by atoms with Gasteiger partial charge in [-0.3, -0.25) is 4.90 Å². The average molecular weight is 396 g/mol. The molecule has 0 spiro atoms. The van der Waals surface area contributed by atoms with Gasteiger partial charge < -0.3 is 15.7 Å². The van der Waals surface area contributed by atoms with Gasteiger partial charge in [-0.1, -0.05) is 42.8 Å². The van der Waals surface area contributed by atoms with Gasteiger partial charge in [0.1, 0.15) is 0 Å². The van der Waals surface area contributed by atoms with Crippen molar-refractivity contribution in [3.63, 3.8) is 0 Å². The van der Waals surface area contributed by atoms with Crippen LogP contribution in [0.4, 0.5) is 4.79 Å². The minimum absolute atomic E-state index is 0.234. The SMILES string of the molecule is CC1CCCCN1Cc1ccccc1CNC(=O)NCc1ccc(C(=O)O)cc1. The number of aromatic carboxylic acids is 1. The van der Waals surface area contributed by atoms with Gasteiger partial charge >= 0.3 is 12.0 Å². The van der Waals surface area contributed by atoms with Crippen molar-refractivity contribution in [1.29, 1.82) is 0 Å². The van der Waals surface area contributed by atoms with Crippen molar-refractivity contribution < 1.29 is 14.7 Å². The molecule has 3 rings (SSSR count). The molecule has 1 unspecified atom stereocenters. The molecule has 0 aromatic heterocycles. The van der Waals surface area contributed by atoms with Gasteiger partial charge in [0.2, 0.25) is 0 Å². The molecule has 6 heteroatoms. The Hall–Kier alpha value is -2.86. The van der Waals surface area contributed by atoms with Crippen LogP contribution in [0, 0.1) is 0 Å². The van der Waals surface area contributed by atoms with Crippen molar-refractivity contribution in [3.8, 4) is 0 Å². The maximum absolute atomic E-state index is 12.2. The van der Waals surface area contributed by atoms with Crippen LogP contribution in [0.5, 0.6) is 0 Å². The number of piperidine rings is 1. The zero-order chi connectivity index (χ0) is 20.6. The number of likely N-dealkylation sites (tertiary alicyclic amines) is 1. The lowest BCUT2D eigenvalue weighted by Gasteiger charge is -2.33. The van der Waals surface area contributed by atoms with Gasteiger partial charge in [-0.25, -0.2) is 9.59 Å². The van der Waals surface area contributed by atoms with Crippen LogP contribution in [0.25, 0.3) is 0 Å². The monoisotopic (exact) mass is 395 g/mol. The van der Waals surface area contributed by atoms with Crippen molar-refractivity contribution in [2.45, 2.75) is 51.9 Å². The Balaban J connectivity index is 1.50. The molecule has 29 heavy (non-hydrogen) atoms. The first-order valence-electron chi connectivity index (χ1n) is 10.2. The highest BCUT2D eigenvalue weighted by Gasteiger charge is 2.19. The van der Waals surface area contributed by atoms with Crippen molar-refractivity contribution >= 4 is 12.0 Å². The molecule has 1 aliphatic rings. The molecule has 1 heterocycles. The van der Waals surface area contributed by atoms with Crippen LogP contribution in [-0.2, 0) is 19.6 Å². The molecule has 1 fully saturated rings. The van der Waals surface area contributed by atoms with Crippen LogP contribution in [-0.4, -0.2) is 34.6 Å². The molecule has 0 aliphatic carbocycles. The van der Waals surface area contributed by atoms with Gasteiger partial charge in [-0.05, 0) is 55.1 Å². The number of carboxylic acid groups (broad SMARTS) is 1. The fourth-order valence-corrected chi connectivity index (χ4v) is 3.68. The summed E-state index contributed by atoms with van der Waals surface area (Å²) < 4.78 is 0. The predicted molar refractivity (Wildman–Crippen MR) is 113 cm³/mol. The smallest absolute Gasteiger partial charge is 0.335 e. The molecule has 154 valence electrons. The van der Waals surface area contributed by atoms with Crippen LogP contribution in [0.2, 0.25) is 0 Å². The zero-order valence-corrected chi connectivity index (χ0v) is 16.9. The van der Waals surface area contributed by atoms with Crippen LogP contribution >= 0.6 is 0 Å². The highest BCUT2D eigenvalue weighted by atomic mass is 16.4. The third-order valence-electron chi connectivity index (χ3n) is 5.53. The number of hydrogen-bond donors (Lipinski definition) is 3. The second-order valence-corrected chi connectivity index (χ2v) is 7.62. The van der Waals surface area contributed by atoms with Gasteiger partial charge in [-0.15, -0.1) is 0 Å². The van der Waals surface area contributed by atoms with E-state index in [0.29, 0.717) is 19.1 Å². The summed E-state index contributed by atoms with van der Waals surface area (Å²) in [6.45, 7) is 5.15. The Labute approximate surface area is 171 Å². The molecule has 6 nitrogen and oxygen atoms in total. The number of nitrogens with one attached hydrogen (secondary N) is 2. The minimum atomic E-state index is -0.958. The quantitative estimate of drug-likeness (QED) is 0.667. The summed E-state index contributed by atoms with van der Waals surface area (Å²) in [5.41, 5.74) is 3.47. The highest BCUT2D eigenvalue weighted by molar-refractivity contribution is 5.87. The molecule has 1 aliphatic heterocycles. The lowest BCUT2D eigenvalue weighted by Crippen LogP contribution is -2.37. The lowest BCUT2D eigenvalue weighted by atomic mass is 10.0. The van der Waals surface area contributed by atoms with Crippen molar-refractivity contribution in [1.82, 2.24) is 15.5 Å². The Kier molecular flexibility index (Phi) is 7.25. The maximum atomic E-state index is 12.2. The first-order chi connectivity index (χ1) is 14.0. The predicted octanol–water partition coefficient (Wildman–Crippen LogP) is 3.76. The normalized spacial score (nSPS) is 16.9. The lowest BCUT2D eigenvalue weighted by molar-refractivity contribution is 0.0697. The molecule has 0 bridgehead atoms. The van der Waals surface area contributed by atoms with E-state index in [1.165, 1.54) is 37.0 Å². The second kappa shape index (κ2) is 10.1. The molecule has 2 aromatic carbocycles. The van der Waals surface area contributed by atoms with Crippen LogP contribution in [0.15, 0.2) is 48.5 Å². The summed E-state index contributed by atoms with van der Waals surface area (Å²) in [5, 5.41) is 14.7. The number of urea groups is 1. The zero-order valence-electron chi connectivity index (χ0n) is 16.9. The molecule has 1 atom stereocenters. The van der Waals surface area contributed by atoms with Gasteiger partial charge in [0.25, 0.3) is 0 Å². The fourth-order valence-electron chi connectivity index (χ4n) is 3.68. The van der Waals surface area contributed by atoms with E-state index < -0.39 is 5.97 Å². The van der Waals surface area contributed by atoms with E-state index in [9.17, 15) is 9.59 Å². The Morgan fingerprint density at radius 2 is 1.69 bits per heavy atom. The van der Waals surface area contributed by atoms with Crippen LogP contribution < -0.4 is 10.6 Å². The number of nitrogens with zero attached hydrogens (tertiary/aromatic N) is 1. The number of carbonyl (C=O) groups excluding carboxylic acids is 1. The third-order valence-corrected chi connectivity index (χ3v) is 5.53. The first-order valence-corrected chi connectivity index (χ1v) is 10.2. The van der Waals surface area contributed by atoms with Gasteiger partial charge in [0, 0.05) is 25.7 Å². The standard InChI is InChI=1S/C23H29N3O3/c1-17-6-4-5-13-26(17)16-21-8-3-2-7-20(21)15-25-23(29)24-14-18-9-11-19(12-10-18)22(27)28/h2-3,7-12,17H,4-6,13-16H2,1H3,(H,27,28)(H2,24,25,29). The van der Waals surface area contributed by atoms with Gasteiger partial charge in [0.05, 0.1) is 5.56 Å². The summed E-state index contributed by atoms with van der Waals surface area (Å²) >= 11 is 0. The molecule has 0 saturated carbocycles. The fraction of sp³-hybridized carbons (Fsp3) is 0.391. The molecular weight excluding hydrogens is 366 g/mol. The van der Waals surface area contributed by atoms with Crippen molar-refractivity contribution in [3.05, 3.63) is 70.8 Å². The Morgan fingerprint density at radius 3 is 2.38 bits per heavy atom. The largest absolute Gasteiger partial charge is 0.478 e. The highest BCUT2D eigenvalue weighted by Crippen LogP contribution is 2.20. The number of hydrogen-bond acceptors (Lipinski definition) is 3. The summed E-state index contributed by atoms with van der Waals surface area (Å²) in [6, 6.07) is 15.1. The van der Waals surface area contributed by atoms with Crippen LogP contribution in [0.3, 0.4) is 0 Å².